The summed E-state index contributed by atoms with van der Waals surface area (Å²) in [5.74, 6) is -0.0487. The topological polar surface area (TPSA) is 95.9 Å². The van der Waals surface area contributed by atoms with E-state index < -0.39 is 12.1 Å². The van der Waals surface area contributed by atoms with E-state index >= 15 is 0 Å². The number of carbonyl (C=O) groups excluding carboxylic acids is 2. The van der Waals surface area contributed by atoms with Crippen LogP contribution in [-0.2, 0) is 14.3 Å². The van der Waals surface area contributed by atoms with E-state index in [9.17, 15) is 19.8 Å². The Morgan fingerprint density at radius 2 is 0.595 bits per heavy atom. The second-order valence-corrected chi connectivity index (χ2v) is 24.9. The minimum Gasteiger partial charge on any atom is -0.466 e. The molecule has 0 spiro atoms. The maximum absolute atomic E-state index is 12.5. The molecule has 0 saturated heterocycles. The van der Waals surface area contributed by atoms with Crippen LogP contribution in [0.5, 0.6) is 0 Å². The molecule has 0 aliphatic heterocycles. The van der Waals surface area contributed by atoms with E-state index in [1.54, 1.807) is 6.08 Å². The zero-order valence-corrected chi connectivity index (χ0v) is 53.6. The van der Waals surface area contributed by atoms with E-state index in [0.717, 1.165) is 44.9 Å². The Morgan fingerprint density at radius 3 is 0.899 bits per heavy atom. The number of rotatable bonds is 68. The van der Waals surface area contributed by atoms with Gasteiger partial charge in [-0.05, 0) is 57.8 Å². The summed E-state index contributed by atoms with van der Waals surface area (Å²) in [4.78, 5) is 24.6. The van der Waals surface area contributed by atoms with Gasteiger partial charge in [-0.25, -0.2) is 0 Å². The summed E-state index contributed by atoms with van der Waals surface area (Å²) in [7, 11) is 0. The van der Waals surface area contributed by atoms with Crippen molar-refractivity contribution in [2.75, 3.05) is 13.2 Å². The van der Waals surface area contributed by atoms with Gasteiger partial charge in [0.05, 0.1) is 25.4 Å². The van der Waals surface area contributed by atoms with Crippen LogP contribution in [0.4, 0.5) is 0 Å². The first-order valence-corrected chi connectivity index (χ1v) is 36.1. The van der Waals surface area contributed by atoms with Gasteiger partial charge in [0.2, 0.25) is 5.91 Å². The zero-order chi connectivity index (χ0) is 57.1. The van der Waals surface area contributed by atoms with Crippen LogP contribution in [0.3, 0.4) is 0 Å². The summed E-state index contributed by atoms with van der Waals surface area (Å²) in [6.07, 6.45) is 86.9. The Balaban J connectivity index is 3.38. The lowest BCUT2D eigenvalue weighted by molar-refractivity contribution is -0.143. The minimum atomic E-state index is -0.844. The number of allylic oxidation sites excluding steroid dienone is 3. The third-order valence-electron chi connectivity index (χ3n) is 17.0. The Hall–Kier alpha value is -1.66. The van der Waals surface area contributed by atoms with Gasteiger partial charge in [0, 0.05) is 12.8 Å². The van der Waals surface area contributed by atoms with Gasteiger partial charge in [0.15, 0.2) is 0 Å². The van der Waals surface area contributed by atoms with Crippen molar-refractivity contribution < 1.29 is 24.5 Å². The maximum Gasteiger partial charge on any atom is 0.305 e. The number of nitrogens with one attached hydrogen (secondary N) is 1. The lowest BCUT2D eigenvalue weighted by atomic mass is 10.0. The predicted octanol–water partition coefficient (Wildman–Crippen LogP) is 23.3. The van der Waals surface area contributed by atoms with E-state index in [1.807, 2.05) is 6.08 Å². The lowest BCUT2D eigenvalue weighted by Crippen LogP contribution is -2.45. The molecule has 0 radical (unpaired) electrons. The van der Waals surface area contributed by atoms with Crippen molar-refractivity contribution in [3.8, 4) is 0 Å². The number of hydrogen-bond donors (Lipinski definition) is 3. The molecule has 0 aromatic carbocycles. The fourth-order valence-corrected chi connectivity index (χ4v) is 11.5. The Labute approximate surface area is 494 Å². The van der Waals surface area contributed by atoms with Crippen molar-refractivity contribution in [1.29, 1.82) is 0 Å². The molecule has 468 valence electrons. The van der Waals surface area contributed by atoms with Crippen LogP contribution in [0, 0.1) is 0 Å². The average molecular weight is 1110 g/mol. The summed E-state index contributed by atoms with van der Waals surface area (Å²) in [6.45, 7) is 4.94. The van der Waals surface area contributed by atoms with Gasteiger partial charge in [-0.2, -0.15) is 0 Å². The number of aliphatic hydroxyl groups is 2. The van der Waals surface area contributed by atoms with Gasteiger partial charge >= 0.3 is 5.97 Å². The molecule has 0 aromatic heterocycles. The normalized spacial score (nSPS) is 12.6. The minimum absolute atomic E-state index is 0.0135. The second kappa shape index (κ2) is 68.8. The number of esters is 1. The number of ether oxygens (including phenoxy) is 1. The molecule has 0 aliphatic carbocycles. The first-order chi connectivity index (χ1) is 39.0. The third-order valence-corrected chi connectivity index (χ3v) is 17.0. The molecule has 0 bridgehead atoms. The molecule has 6 nitrogen and oxygen atoms in total. The highest BCUT2D eigenvalue weighted by molar-refractivity contribution is 5.76. The van der Waals surface area contributed by atoms with Gasteiger partial charge in [-0.3, -0.25) is 9.59 Å². The van der Waals surface area contributed by atoms with Gasteiger partial charge in [0.1, 0.15) is 0 Å². The molecule has 0 aliphatic rings. The molecule has 0 rings (SSSR count). The van der Waals surface area contributed by atoms with Crippen LogP contribution < -0.4 is 5.32 Å². The number of amides is 1. The molecule has 6 heteroatoms. The van der Waals surface area contributed by atoms with Crippen LogP contribution in [-0.4, -0.2) is 47.4 Å². The molecule has 0 fully saturated rings. The van der Waals surface area contributed by atoms with Gasteiger partial charge in [-0.15, -0.1) is 0 Å². The molecule has 0 aromatic rings. The fourth-order valence-electron chi connectivity index (χ4n) is 11.5. The molecule has 2 unspecified atom stereocenters. The van der Waals surface area contributed by atoms with Crippen LogP contribution in [0.15, 0.2) is 24.3 Å². The number of aliphatic hydroxyl groups excluding tert-OH is 2. The van der Waals surface area contributed by atoms with Crippen LogP contribution >= 0.6 is 0 Å². The molecule has 0 saturated carbocycles. The zero-order valence-electron chi connectivity index (χ0n) is 53.6. The highest BCUT2D eigenvalue weighted by atomic mass is 16.5. The van der Waals surface area contributed by atoms with Crippen molar-refractivity contribution in [3.63, 3.8) is 0 Å². The summed E-state index contributed by atoms with van der Waals surface area (Å²) >= 11 is 0. The smallest absolute Gasteiger partial charge is 0.305 e. The van der Waals surface area contributed by atoms with E-state index in [2.05, 4.69) is 31.3 Å². The Kier molecular flexibility index (Phi) is 67.4. The molecule has 0 heterocycles. The predicted molar refractivity (Wildman–Crippen MR) is 347 cm³/mol. The third kappa shape index (κ3) is 65.4. The largest absolute Gasteiger partial charge is 0.466 e. The summed E-state index contributed by atoms with van der Waals surface area (Å²) < 4.78 is 5.50. The van der Waals surface area contributed by atoms with Gasteiger partial charge in [0.25, 0.3) is 0 Å². The summed E-state index contributed by atoms with van der Waals surface area (Å²) in [6, 6.07) is -0.627. The van der Waals surface area contributed by atoms with E-state index in [1.165, 1.54) is 334 Å². The van der Waals surface area contributed by atoms with Crippen molar-refractivity contribution in [3.05, 3.63) is 24.3 Å². The van der Waals surface area contributed by atoms with Crippen molar-refractivity contribution >= 4 is 11.9 Å². The van der Waals surface area contributed by atoms with Crippen molar-refractivity contribution in [2.45, 2.75) is 418 Å². The standard InChI is InChI=1S/C73H141NO5/c1-3-5-7-9-11-13-15-17-19-21-22-30-34-37-41-45-49-53-57-61-65-71(76)70(69-75)74-72(77)66-62-58-54-50-46-42-38-35-31-28-26-24-23-25-27-29-32-36-40-44-48-52-56-60-64-68-79-73(78)67-63-59-55-51-47-43-39-33-20-18-16-14-12-10-8-6-4-2/h18,20,61,65,70-71,75-76H,3-17,19,21-60,62-64,66-69H2,1-2H3,(H,74,77)/b20-18-,65-61+. The highest BCUT2D eigenvalue weighted by Crippen LogP contribution is 2.19. The quantitative estimate of drug-likeness (QED) is 0.0320. The molecule has 3 N–H and O–H groups in total. The van der Waals surface area contributed by atoms with E-state index in [0.29, 0.717) is 19.4 Å². The monoisotopic (exact) mass is 1110 g/mol. The first kappa shape index (κ1) is 77.3. The molecule has 79 heavy (non-hydrogen) atoms. The number of hydrogen-bond acceptors (Lipinski definition) is 5. The molecule has 1 amide bonds. The van der Waals surface area contributed by atoms with Crippen LogP contribution in [0.25, 0.3) is 0 Å². The van der Waals surface area contributed by atoms with Crippen molar-refractivity contribution in [1.82, 2.24) is 5.32 Å². The van der Waals surface area contributed by atoms with Gasteiger partial charge in [-0.1, -0.05) is 359 Å². The number of unbranched alkanes of at least 4 members (excludes halogenated alkanes) is 55. The van der Waals surface area contributed by atoms with Crippen LogP contribution in [0.1, 0.15) is 406 Å². The highest BCUT2D eigenvalue weighted by Gasteiger charge is 2.18. The SMILES string of the molecule is CCCCCCCC/C=C\CCCCCCCCCC(=O)OCCCCCCCCCCCCCCCCCCCCCCCCCCCC(=O)NC(CO)C(O)/C=C/CCCCCCCCCCCCCCCCCCCC. The lowest BCUT2D eigenvalue weighted by Gasteiger charge is -2.20. The Bertz CT molecular complexity index is 1230. The molecular weight excluding hydrogens is 971 g/mol. The first-order valence-electron chi connectivity index (χ1n) is 36.1. The molecule has 2 atom stereocenters. The average Bonchev–Trinajstić information content (AvgIpc) is 3.45. The Morgan fingerprint density at radius 1 is 0.342 bits per heavy atom. The fraction of sp³-hybridized carbons (Fsp3) is 0.918. The van der Waals surface area contributed by atoms with Crippen molar-refractivity contribution in [2.24, 2.45) is 0 Å². The number of carbonyl (C=O) groups is 2. The second-order valence-electron chi connectivity index (χ2n) is 24.9. The van der Waals surface area contributed by atoms with Crippen LogP contribution in [0.2, 0.25) is 0 Å². The summed E-state index contributed by atoms with van der Waals surface area (Å²) in [5, 5.41) is 23.2. The van der Waals surface area contributed by atoms with E-state index in [4.69, 9.17) is 4.74 Å². The van der Waals surface area contributed by atoms with E-state index in [-0.39, 0.29) is 18.5 Å². The summed E-state index contributed by atoms with van der Waals surface area (Å²) in [5.41, 5.74) is 0. The molecular formula is C73H141NO5. The van der Waals surface area contributed by atoms with Gasteiger partial charge < -0.3 is 20.3 Å². The maximum atomic E-state index is 12.5.